The average Bonchev–Trinajstić information content (AvgIpc) is 2.56. The van der Waals surface area contributed by atoms with Gasteiger partial charge in [-0.2, -0.15) is 79.0 Å². The molecule has 0 aromatic rings. The van der Waals surface area contributed by atoms with Crippen molar-refractivity contribution in [2.75, 3.05) is 7.05 Å². The summed E-state index contributed by atoms with van der Waals surface area (Å²) >= 11 is 0. The van der Waals surface area contributed by atoms with Crippen LogP contribution in [0.1, 0.15) is 12.8 Å². The van der Waals surface area contributed by atoms with E-state index in [1.807, 2.05) is 0 Å². The Bertz CT molecular complexity index is 748. The third-order valence-corrected chi connectivity index (χ3v) is 5.49. The van der Waals surface area contributed by atoms with Crippen LogP contribution in [0.15, 0.2) is 0 Å². The van der Waals surface area contributed by atoms with Crippen LogP contribution in [0.25, 0.3) is 0 Å². The number of halogens is 18. The van der Waals surface area contributed by atoms with Gasteiger partial charge in [0.05, 0.1) is 0 Å². The number of hydrogen-bond acceptors (Lipinski definition) is 1. The lowest BCUT2D eigenvalue weighted by Gasteiger charge is -2.40. The molecule has 212 valence electrons. The molecule has 0 aliphatic heterocycles. The second kappa shape index (κ2) is 9.00. The summed E-state index contributed by atoms with van der Waals surface area (Å²) in [6.07, 6.45) is -22.3. The van der Waals surface area contributed by atoms with Gasteiger partial charge in [0.2, 0.25) is 0 Å². The minimum atomic E-state index is -7.69. The molecule has 23 heteroatoms. The molecule has 0 rings (SSSR count). The standard InChI is InChI=1S/C12H10F18NO3P/c1-31(35(32,33)34)4(2-5(13,14)7(17,18)9(21,22)11(25,26)27)3-6(15,16)8(19,20)10(23,24)12(28,29)30/h4H,2-3H2,1H3,(H2,32,33,34). The summed E-state index contributed by atoms with van der Waals surface area (Å²) in [5.74, 6) is -44.6. The second-order valence-electron chi connectivity index (χ2n) is 6.85. The molecule has 0 saturated heterocycles. The fourth-order valence-corrected chi connectivity index (χ4v) is 2.80. The quantitative estimate of drug-likeness (QED) is 0.239. The molecule has 0 aromatic heterocycles. The van der Waals surface area contributed by atoms with E-state index in [2.05, 4.69) is 0 Å². The highest BCUT2D eigenvalue weighted by atomic mass is 31.2. The van der Waals surface area contributed by atoms with E-state index in [0.717, 1.165) is 0 Å². The molecule has 0 heterocycles. The van der Waals surface area contributed by atoms with Crippen LogP contribution < -0.4 is 0 Å². The molecule has 0 spiro atoms. The molecule has 0 unspecified atom stereocenters. The first-order valence-corrected chi connectivity index (χ1v) is 9.48. The molecule has 0 saturated carbocycles. The lowest BCUT2D eigenvalue weighted by atomic mass is 9.91. The first kappa shape index (κ1) is 33.8. The average molecular weight is 589 g/mol. The van der Waals surface area contributed by atoms with Gasteiger partial charge in [-0.15, -0.1) is 0 Å². The molecular formula is C12H10F18NO3P. The van der Waals surface area contributed by atoms with Gasteiger partial charge in [0.15, 0.2) is 0 Å². The molecule has 0 radical (unpaired) electrons. The van der Waals surface area contributed by atoms with Crippen LogP contribution in [-0.4, -0.2) is 75.4 Å². The largest absolute Gasteiger partial charge is 0.460 e. The Morgan fingerprint density at radius 2 is 0.800 bits per heavy atom. The summed E-state index contributed by atoms with van der Waals surface area (Å²) in [7, 11) is -6.74. The van der Waals surface area contributed by atoms with Gasteiger partial charge in [-0.25, -0.2) is 9.24 Å². The number of rotatable bonds is 10. The zero-order valence-corrected chi connectivity index (χ0v) is 16.9. The van der Waals surface area contributed by atoms with Crippen LogP contribution in [0.4, 0.5) is 79.0 Å². The molecule has 35 heavy (non-hydrogen) atoms. The Labute approximate surface area is 181 Å². The van der Waals surface area contributed by atoms with Crippen molar-refractivity contribution in [2.24, 2.45) is 0 Å². The van der Waals surface area contributed by atoms with Crippen LogP contribution in [0.5, 0.6) is 0 Å². The monoisotopic (exact) mass is 589 g/mol. The number of alkyl halides is 18. The summed E-state index contributed by atoms with van der Waals surface area (Å²) < 4.78 is 242. The van der Waals surface area contributed by atoms with Crippen molar-refractivity contribution in [3.8, 4) is 0 Å². The van der Waals surface area contributed by atoms with Crippen LogP contribution in [0.2, 0.25) is 0 Å². The summed E-state index contributed by atoms with van der Waals surface area (Å²) in [6.45, 7) is 0. The van der Waals surface area contributed by atoms with E-state index in [-0.39, 0.29) is 7.05 Å². The SMILES string of the molecule is CN(C(CC(F)(F)C(F)(F)C(F)(F)C(F)(F)F)CC(F)(F)C(F)(F)C(F)(F)C(F)(F)F)P(=O)(O)O. The normalized spacial score (nSPS) is 16.4. The lowest BCUT2D eigenvalue weighted by molar-refractivity contribution is -0.402. The highest BCUT2D eigenvalue weighted by molar-refractivity contribution is 7.49. The molecule has 0 aliphatic carbocycles. The summed E-state index contributed by atoms with van der Waals surface area (Å²) in [4.78, 5) is 17.5. The van der Waals surface area contributed by atoms with Crippen molar-refractivity contribution in [1.82, 2.24) is 4.67 Å². The van der Waals surface area contributed by atoms with E-state index in [1.165, 1.54) is 0 Å². The molecule has 0 bridgehead atoms. The highest BCUT2D eigenvalue weighted by Gasteiger charge is 2.83. The summed E-state index contributed by atoms with van der Waals surface area (Å²) in [5, 5.41) is 0. The van der Waals surface area contributed by atoms with Crippen LogP contribution >= 0.6 is 7.75 Å². The van der Waals surface area contributed by atoms with Crippen LogP contribution in [0.3, 0.4) is 0 Å². The number of hydrogen-bond donors (Lipinski definition) is 2. The Morgan fingerprint density at radius 1 is 0.571 bits per heavy atom. The van der Waals surface area contributed by atoms with E-state index in [9.17, 15) is 83.6 Å². The van der Waals surface area contributed by atoms with Gasteiger partial charge in [0.25, 0.3) is 0 Å². The smallest absolute Gasteiger partial charge is 0.312 e. The highest BCUT2D eigenvalue weighted by Crippen LogP contribution is 2.58. The summed E-state index contributed by atoms with van der Waals surface area (Å²) in [5.41, 5.74) is 0. The molecule has 0 aromatic carbocycles. The van der Waals surface area contributed by atoms with Crippen molar-refractivity contribution in [3.63, 3.8) is 0 Å². The Morgan fingerprint density at radius 3 is 0.971 bits per heavy atom. The zero-order valence-electron chi connectivity index (χ0n) is 16.0. The van der Waals surface area contributed by atoms with E-state index < -0.39 is 79.2 Å². The second-order valence-corrected chi connectivity index (χ2v) is 8.51. The maximum atomic E-state index is 13.8. The van der Waals surface area contributed by atoms with E-state index in [1.54, 1.807) is 0 Å². The Hall–Kier alpha value is -1.15. The topological polar surface area (TPSA) is 60.8 Å². The fourth-order valence-electron chi connectivity index (χ4n) is 2.21. The Kier molecular flexibility index (Phi) is 8.70. The maximum Gasteiger partial charge on any atom is 0.460 e. The van der Waals surface area contributed by atoms with Crippen molar-refractivity contribution in [2.45, 2.75) is 66.8 Å². The van der Waals surface area contributed by atoms with Crippen LogP contribution in [-0.2, 0) is 4.57 Å². The zero-order chi connectivity index (χ0) is 29.1. The fraction of sp³-hybridized carbons (Fsp3) is 1.00. The van der Waals surface area contributed by atoms with Gasteiger partial charge in [-0.1, -0.05) is 0 Å². The van der Waals surface area contributed by atoms with Crippen molar-refractivity contribution >= 4 is 7.75 Å². The summed E-state index contributed by atoms with van der Waals surface area (Å²) in [6, 6.07) is -4.12. The lowest BCUT2D eigenvalue weighted by Crippen LogP contribution is -2.63. The van der Waals surface area contributed by atoms with Gasteiger partial charge in [-0.3, -0.25) is 0 Å². The van der Waals surface area contributed by atoms with Crippen LogP contribution in [0, 0.1) is 0 Å². The first-order chi connectivity index (χ1) is 14.7. The van der Waals surface area contributed by atoms with Crippen molar-refractivity contribution < 1.29 is 93.4 Å². The van der Waals surface area contributed by atoms with Gasteiger partial charge >= 0.3 is 55.6 Å². The Balaban J connectivity index is 6.66. The van der Waals surface area contributed by atoms with E-state index in [4.69, 9.17) is 9.79 Å². The molecule has 0 amide bonds. The predicted octanol–water partition coefficient (Wildman–Crippen LogP) is 6.10. The molecule has 4 nitrogen and oxygen atoms in total. The molecule has 2 N–H and O–H groups in total. The number of nitrogens with zero attached hydrogens (tertiary/aromatic N) is 1. The predicted molar refractivity (Wildman–Crippen MR) is 74.6 cm³/mol. The van der Waals surface area contributed by atoms with Gasteiger partial charge < -0.3 is 9.79 Å². The van der Waals surface area contributed by atoms with E-state index in [0.29, 0.717) is 0 Å². The first-order valence-electron chi connectivity index (χ1n) is 7.91. The molecule has 0 atom stereocenters. The van der Waals surface area contributed by atoms with Crippen molar-refractivity contribution in [3.05, 3.63) is 0 Å². The van der Waals surface area contributed by atoms with Gasteiger partial charge in [0.1, 0.15) is 0 Å². The third kappa shape index (κ3) is 5.89. The van der Waals surface area contributed by atoms with Gasteiger partial charge in [0, 0.05) is 18.9 Å². The minimum Gasteiger partial charge on any atom is -0.312 e. The third-order valence-electron chi connectivity index (χ3n) is 4.34. The maximum absolute atomic E-state index is 13.8. The van der Waals surface area contributed by atoms with Crippen molar-refractivity contribution in [1.29, 1.82) is 0 Å². The van der Waals surface area contributed by atoms with Gasteiger partial charge in [-0.05, 0) is 7.05 Å². The van der Waals surface area contributed by atoms with E-state index >= 15 is 0 Å². The molecular weight excluding hydrogens is 579 g/mol. The molecule has 0 fully saturated rings. The molecule has 0 aliphatic rings. The minimum absolute atomic E-state index is 0.363.